The van der Waals surface area contributed by atoms with Gasteiger partial charge < -0.3 is 10.3 Å². The molecule has 4 nitrogen and oxygen atoms in total. The molecule has 1 saturated carbocycles. The Balaban J connectivity index is 1.98. The minimum Gasteiger partial charge on any atom is -0.329 e. The van der Waals surface area contributed by atoms with E-state index in [0.29, 0.717) is 0 Å². The highest BCUT2D eigenvalue weighted by molar-refractivity contribution is 5.16. The van der Waals surface area contributed by atoms with Gasteiger partial charge >= 0.3 is 0 Å². The van der Waals surface area contributed by atoms with E-state index in [9.17, 15) is 0 Å². The molecule has 0 bridgehead atoms. The first-order chi connectivity index (χ1) is 7.86. The molecule has 0 aromatic carbocycles. The first-order valence-electron chi connectivity index (χ1n) is 6.48. The van der Waals surface area contributed by atoms with Gasteiger partial charge in [0.05, 0.1) is 0 Å². The van der Waals surface area contributed by atoms with E-state index in [1.807, 2.05) is 0 Å². The van der Waals surface area contributed by atoms with Crippen molar-refractivity contribution in [1.29, 1.82) is 0 Å². The molecule has 1 aromatic heterocycles. The lowest BCUT2D eigenvalue weighted by atomic mass is 9.68. The lowest BCUT2D eigenvalue weighted by Crippen LogP contribution is -2.44. The van der Waals surface area contributed by atoms with Gasteiger partial charge in [-0.2, -0.15) is 0 Å². The quantitative estimate of drug-likeness (QED) is 0.819. The molecule has 0 amide bonds. The highest BCUT2D eigenvalue weighted by Crippen LogP contribution is 2.42. The fraction of sp³-hybridized carbons (Fsp3) is 0.833. The number of hydrogen-bond acceptors (Lipinski definition) is 3. The summed E-state index contributed by atoms with van der Waals surface area (Å²) in [5.74, 6) is 2.37. The maximum absolute atomic E-state index is 5.95. The van der Waals surface area contributed by atoms with Crippen LogP contribution in [0.2, 0.25) is 0 Å². The average molecular weight is 220 g/mol. The molecule has 1 aliphatic heterocycles. The van der Waals surface area contributed by atoms with Gasteiger partial charge in [-0.25, -0.2) is 0 Å². The van der Waals surface area contributed by atoms with Crippen LogP contribution in [0.25, 0.3) is 0 Å². The fourth-order valence-corrected chi connectivity index (χ4v) is 3.00. The molecule has 0 saturated heterocycles. The second-order valence-corrected chi connectivity index (χ2v) is 5.24. The molecule has 0 radical (unpaired) electrons. The number of hydrogen-bond donors (Lipinski definition) is 1. The van der Waals surface area contributed by atoms with Crippen LogP contribution in [-0.4, -0.2) is 21.3 Å². The van der Waals surface area contributed by atoms with Gasteiger partial charge in [-0.15, -0.1) is 10.2 Å². The Hall–Kier alpha value is -0.900. The normalized spacial score (nSPS) is 23.3. The molecule has 16 heavy (non-hydrogen) atoms. The Kier molecular flexibility index (Phi) is 2.46. The Morgan fingerprint density at radius 3 is 2.69 bits per heavy atom. The minimum absolute atomic E-state index is 0.162. The van der Waals surface area contributed by atoms with Crippen LogP contribution >= 0.6 is 0 Å². The molecule has 2 N–H and O–H groups in total. The maximum atomic E-state index is 5.95. The summed E-state index contributed by atoms with van der Waals surface area (Å²) in [6.07, 6.45) is 8.61. The van der Waals surface area contributed by atoms with E-state index < -0.39 is 0 Å². The highest BCUT2D eigenvalue weighted by atomic mass is 15.3. The van der Waals surface area contributed by atoms with E-state index in [4.69, 9.17) is 5.73 Å². The van der Waals surface area contributed by atoms with Gasteiger partial charge in [0.1, 0.15) is 11.6 Å². The molecule has 3 rings (SSSR count). The van der Waals surface area contributed by atoms with Crippen LogP contribution in [0.15, 0.2) is 0 Å². The van der Waals surface area contributed by atoms with Gasteiger partial charge in [0, 0.05) is 24.9 Å². The zero-order chi connectivity index (χ0) is 11.0. The number of aromatic nitrogens is 3. The average Bonchev–Trinajstić information content (AvgIpc) is 2.50. The Labute approximate surface area is 96.2 Å². The molecule has 1 fully saturated rings. The summed E-state index contributed by atoms with van der Waals surface area (Å²) in [5, 5.41) is 8.81. The van der Waals surface area contributed by atoms with Crippen LogP contribution in [0.1, 0.15) is 50.2 Å². The monoisotopic (exact) mass is 220 g/mol. The van der Waals surface area contributed by atoms with Gasteiger partial charge in [-0.3, -0.25) is 0 Å². The smallest absolute Gasteiger partial charge is 0.140 e. The van der Waals surface area contributed by atoms with E-state index in [0.717, 1.165) is 19.5 Å². The molecule has 4 heteroatoms. The Morgan fingerprint density at radius 2 is 2.00 bits per heavy atom. The second-order valence-electron chi connectivity index (χ2n) is 5.24. The summed E-state index contributed by atoms with van der Waals surface area (Å²) in [6, 6.07) is 0. The fourth-order valence-electron chi connectivity index (χ4n) is 3.00. The van der Waals surface area contributed by atoms with E-state index in [1.54, 1.807) is 0 Å². The third-order valence-corrected chi connectivity index (χ3v) is 4.29. The van der Waals surface area contributed by atoms with Crippen molar-refractivity contribution in [2.75, 3.05) is 6.54 Å². The first-order valence-corrected chi connectivity index (χ1v) is 6.48. The third-order valence-electron chi connectivity index (χ3n) is 4.29. The zero-order valence-electron chi connectivity index (χ0n) is 9.78. The van der Waals surface area contributed by atoms with E-state index in [2.05, 4.69) is 14.8 Å². The third kappa shape index (κ3) is 1.39. The van der Waals surface area contributed by atoms with Crippen molar-refractivity contribution in [3.63, 3.8) is 0 Å². The second kappa shape index (κ2) is 3.84. The molecular weight excluding hydrogens is 200 g/mol. The van der Waals surface area contributed by atoms with Crippen molar-refractivity contribution in [3.05, 3.63) is 11.6 Å². The summed E-state index contributed by atoms with van der Waals surface area (Å²) in [7, 11) is 0. The van der Waals surface area contributed by atoms with Gasteiger partial charge in [-0.1, -0.05) is 12.8 Å². The van der Waals surface area contributed by atoms with Gasteiger partial charge in [0.2, 0.25) is 0 Å². The van der Waals surface area contributed by atoms with Crippen LogP contribution in [0.4, 0.5) is 0 Å². The molecular formula is C12H20N4. The van der Waals surface area contributed by atoms with E-state index in [1.165, 1.54) is 50.2 Å². The maximum Gasteiger partial charge on any atom is 0.140 e. The van der Waals surface area contributed by atoms with Gasteiger partial charge in [0.25, 0.3) is 0 Å². The topological polar surface area (TPSA) is 56.7 Å². The molecule has 2 aliphatic rings. The Bertz CT molecular complexity index is 373. The first kappa shape index (κ1) is 10.3. The van der Waals surface area contributed by atoms with Crippen molar-refractivity contribution >= 4 is 0 Å². The van der Waals surface area contributed by atoms with Crippen molar-refractivity contribution < 1.29 is 0 Å². The van der Waals surface area contributed by atoms with Crippen molar-refractivity contribution in [2.45, 2.75) is 56.9 Å². The number of nitrogens with zero attached hydrogens (tertiary/aromatic N) is 3. The van der Waals surface area contributed by atoms with Crippen molar-refractivity contribution in [1.82, 2.24) is 14.8 Å². The van der Waals surface area contributed by atoms with E-state index in [-0.39, 0.29) is 5.41 Å². The van der Waals surface area contributed by atoms with E-state index >= 15 is 0 Å². The minimum atomic E-state index is 0.162. The molecule has 0 atom stereocenters. The van der Waals surface area contributed by atoms with Gasteiger partial charge in [0.15, 0.2) is 0 Å². The molecule has 1 aromatic rings. The van der Waals surface area contributed by atoms with Crippen LogP contribution < -0.4 is 5.73 Å². The zero-order valence-corrected chi connectivity index (χ0v) is 9.78. The van der Waals surface area contributed by atoms with Crippen LogP contribution in [-0.2, 0) is 18.4 Å². The molecule has 88 valence electrons. The summed E-state index contributed by atoms with van der Waals surface area (Å²) >= 11 is 0. The van der Waals surface area contributed by atoms with Crippen LogP contribution in [0.5, 0.6) is 0 Å². The summed E-state index contributed by atoms with van der Waals surface area (Å²) < 4.78 is 2.36. The summed E-state index contributed by atoms with van der Waals surface area (Å²) in [5.41, 5.74) is 6.11. The number of rotatable bonds is 2. The molecule has 1 aliphatic carbocycles. The molecule has 2 heterocycles. The predicted molar refractivity (Wildman–Crippen MR) is 62.2 cm³/mol. The van der Waals surface area contributed by atoms with Gasteiger partial charge in [-0.05, 0) is 25.7 Å². The van der Waals surface area contributed by atoms with Crippen molar-refractivity contribution in [2.24, 2.45) is 5.73 Å². The lowest BCUT2D eigenvalue weighted by Gasteiger charge is -2.39. The molecule has 0 spiro atoms. The largest absolute Gasteiger partial charge is 0.329 e. The van der Waals surface area contributed by atoms with Crippen LogP contribution in [0.3, 0.4) is 0 Å². The summed E-state index contributed by atoms with van der Waals surface area (Å²) in [4.78, 5) is 0. The number of fused-ring (bicyclic) bond motifs is 1. The number of aryl methyl sites for hydroxylation is 1. The highest BCUT2D eigenvalue weighted by Gasteiger charge is 2.42. The van der Waals surface area contributed by atoms with Crippen molar-refractivity contribution in [3.8, 4) is 0 Å². The number of nitrogens with two attached hydrogens (primary N) is 1. The molecule has 0 unspecified atom stereocenters. The standard InChI is InChI=1S/C12H20N4/c13-9-12(6-4-7-12)11-15-14-10-5-2-1-3-8-16(10)11/h1-9,13H2. The van der Waals surface area contributed by atoms with Crippen LogP contribution in [0, 0.1) is 0 Å². The predicted octanol–water partition coefficient (Wildman–Crippen LogP) is 1.38. The summed E-state index contributed by atoms with van der Waals surface area (Å²) in [6.45, 7) is 1.82. The Morgan fingerprint density at radius 1 is 1.12 bits per heavy atom. The lowest BCUT2D eigenvalue weighted by molar-refractivity contribution is 0.228. The SMILES string of the molecule is NCC1(c2nnc3n2CCCCC3)CCC1.